The molecule has 0 atom stereocenters. The molecule has 1 N–H and O–H groups in total. The maximum absolute atomic E-state index is 13.7. The zero-order valence-electron chi connectivity index (χ0n) is 13.2. The Morgan fingerprint density at radius 3 is 2.64 bits per heavy atom. The van der Waals surface area contributed by atoms with Gasteiger partial charge in [0.2, 0.25) is 0 Å². The lowest BCUT2D eigenvalue weighted by Crippen LogP contribution is -2.16. The number of carbonyl (C=O) groups is 1. The quantitative estimate of drug-likeness (QED) is 0.924. The Labute approximate surface area is 129 Å². The number of amides is 1. The molecule has 0 bridgehead atoms. The molecule has 1 heterocycles. The molecule has 0 aliphatic heterocycles. The summed E-state index contributed by atoms with van der Waals surface area (Å²) in [6.45, 7) is 4.03. The predicted molar refractivity (Wildman–Crippen MR) is 82.9 cm³/mol. The number of nitrogens with zero attached hydrogens (tertiary/aromatic N) is 2. The van der Waals surface area contributed by atoms with E-state index in [0.29, 0.717) is 5.82 Å². The highest BCUT2D eigenvalue weighted by molar-refractivity contribution is 6.04. The van der Waals surface area contributed by atoms with Crippen molar-refractivity contribution in [1.29, 1.82) is 0 Å². The van der Waals surface area contributed by atoms with Crippen LogP contribution in [0.2, 0.25) is 0 Å². The van der Waals surface area contributed by atoms with Crippen LogP contribution in [0, 0.1) is 5.82 Å². The van der Waals surface area contributed by atoms with Gasteiger partial charge in [0.25, 0.3) is 5.91 Å². The van der Waals surface area contributed by atoms with Gasteiger partial charge in [0, 0.05) is 18.2 Å². The summed E-state index contributed by atoms with van der Waals surface area (Å²) < 4.78 is 20.2. The second kappa shape index (κ2) is 6.60. The largest absolute Gasteiger partial charge is 0.494 e. The molecule has 1 amide bonds. The third kappa shape index (κ3) is 2.95. The molecule has 118 valence electrons. The Balaban J connectivity index is 2.29. The lowest BCUT2D eigenvalue weighted by Gasteiger charge is -2.09. The Bertz CT molecular complexity index is 695. The van der Waals surface area contributed by atoms with E-state index in [4.69, 9.17) is 4.74 Å². The summed E-state index contributed by atoms with van der Waals surface area (Å²) in [6, 6.07) is 4.13. The van der Waals surface area contributed by atoms with E-state index in [9.17, 15) is 9.18 Å². The fourth-order valence-electron chi connectivity index (χ4n) is 2.42. The molecule has 0 saturated heterocycles. The van der Waals surface area contributed by atoms with Crippen LogP contribution in [0.3, 0.4) is 0 Å². The van der Waals surface area contributed by atoms with Gasteiger partial charge in [-0.2, -0.15) is 5.10 Å². The number of nitrogens with one attached hydrogen (secondary N) is 1. The fourth-order valence-corrected chi connectivity index (χ4v) is 2.42. The van der Waals surface area contributed by atoms with Crippen molar-refractivity contribution >= 4 is 11.7 Å². The van der Waals surface area contributed by atoms with E-state index >= 15 is 0 Å². The van der Waals surface area contributed by atoms with Gasteiger partial charge in [0.15, 0.2) is 11.6 Å². The van der Waals surface area contributed by atoms with Crippen LogP contribution in [0.25, 0.3) is 0 Å². The summed E-state index contributed by atoms with van der Waals surface area (Å²) in [7, 11) is 3.16. The highest BCUT2D eigenvalue weighted by Gasteiger charge is 2.17. The molecule has 0 aliphatic carbocycles. The van der Waals surface area contributed by atoms with E-state index in [1.54, 1.807) is 11.7 Å². The fraction of sp³-hybridized carbons (Fsp3) is 0.375. The maximum Gasteiger partial charge on any atom is 0.256 e. The van der Waals surface area contributed by atoms with Crippen molar-refractivity contribution < 1.29 is 13.9 Å². The lowest BCUT2D eigenvalue weighted by molar-refractivity contribution is 0.102. The van der Waals surface area contributed by atoms with Gasteiger partial charge in [0.1, 0.15) is 5.82 Å². The molecule has 2 rings (SSSR count). The molecule has 0 aliphatic rings. The molecule has 0 unspecified atom stereocenters. The van der Waals surface area contributed by atoms with Crippen molar-refractivity contribution in [2.24, 2.45) is 7.05 Å². The summed E-state index contributed by atoms with van der Waals surface area (Å²) in [6.07, 6.45) is 1.56. The number of ether oxygens (including phenoxy) is 1. The monoisotopic (exact) mass is 305 g/mol. The minimum Gasteiger partial charge on any atom is -0.494 e. The number of aromatic nitrogens is 2. The maximum atomic E-state index is 13.7. The standard InChI is InChI=1S/C16H20FN3O2/c1-5-11-13(6-2)19-20(3)15(11)18-16(21)10-7-8-14(22-4)12(17)9-10/h7-9H,5-6H2,1-4H3,(H,18,21). The normalized spacial score (nSPS) is 10.6. The first-order chi connectivity index (χ1) is 10.5. The third-order valence-electron chi connectivity index (χ3n) is 3.56. The molecule has 6 heteroatoms. The smallest absolute Gasteiger partial charge is 0.256 e. The summed E-state index contributed by atoms with van der Waals surface area (Å²) in [5.74, 6) is -0.174. The van der Waals surface area contributed by atoms with Crippen molar-refractivity contribution in [3.8, 4) is 5.75 Å². The molecule has 0 spiro atoms. The first-order valence-electron chi connectivity index (χ1n) is 7.21. The average molecular weight is 305 g/mol. The van der Waals surface area contributed by atoms with Crippen molar-refractivity contribution in [2.75, 3.05) is 12.4 Å². The van der Waals surface area contributed by atoms with Gasteiger partial charge in [-0.3, -0.25) is 9.48 Å². The van der Waals surface area contributed by atoms with Crippen molar-refractivity contribution in [2.45, 2.75) is 26.7 Å². The van der Waals surface area contributed by atoms with Crippen molar-refractivity contribution in [1.82, 2.24) is 9.78 Å². The molecular formula is C16H20FN3O2. The van der Waals surface area contributed by atoms with Gasteiger partial charge in [0.05, 0.1) is 12.8 Å². The Morgan fingerprint density at radius 2 is 2.09 bits per heavy atom. The molecule has 2 aromatic rings. The van der Waals surface area contributed by atoms with Crippen molar-refractivity contribution in [3.63, 3.8) is 0 Å². The lowest BCUT2D eigenvalue weighted by atomic mass is 10.1. The predicted octanol–water partition coefficient (Wildman–Crippen LogP) is 2.94. The van der Waals surface area contributed by atoms with E-state index in [2.05, 4.69) is 10.4 Å². The molecule has 1 aromatic heterocycles. The van der Waals surface area contributed by atoms with E-state index in [0.717, 1.165) is 30.2 Å². The number of rotatable bonds is 5. The van der Waals surface area contributed by atoms with E-state index in [1.165, 1.54) is 19.2 Å². The van der Waals surface area contributed by atoms with Crippen LogP contribution in [-0.4, -0.2) is 22.8 Å². The second-order valence-electron chi connectivity index (χ2n) is 4.91. The van der Waals surface area contributed by atoms with E-state index in [-0.39, 0.29) is 17.2 Å². The zero-order valence-corrected chi connectivity index (χ0v) is 13.2. The van der Waals surface area contributed by atoms with Gasteiger partial charge < -0.3 is 10.1 Å². The van der Waals surface area contributed by atoms with Crippen LogP contribution >= 0.6 is 0 Å². The second-order valence-corrected chi connectivity index (χ2v) is 4.91. The highest BCUT2D eigenvalue weighted by Crippen LogP contribution is 2.22. The molecule has 0 radical (unpaired) electrons. The third-order valence-corrected chi connectivity index (χ3v) is 3.56. The first kappa shape index (κ1) is 16.0. The van der Waals surface area contributed by atoms with Crippen LogP contribution in [0.1, 0.15) is 35.5 Å². The number of carbonyl (C=O) groups excluding carboxylic acids is 1. The number of aryl methyl sites for hydroxylation is 2. The van der Waals surface area contributed by atoms with Crippen molar-refractivity contribution in [3.05, 3.63) is 40.8 Å². The van der Waals surface area contributed by atoms with Gasteiger partial charge in [-0.05, 0) is 31.0 Å². The Kier molecular flexibility index (Phi) is 4.80. The Hall–Kier alpha value is -2.37. The summed E-state index contributed by atoms with van der Waals surface area (Å²) in [4.78, 5) is 12.3. The van der Waals surface area contributed by atoms with Crippen LogP contribution in [0.15, 0.2) is 18.2 Å². The number of anilines is 1. The molecule has 22 heavy (non-hydrogen) atoms. The number of hydrogen-bond donors (Lipinski definition) is 1. The van der Waals surface area contributed by atoms with Gasteiger partial charge in [-0.25, -0.2) is 4.39 Å². The first-order valence-corrected chi connectivity index (χ1v) is 7.21. The zero-order chi connectivity index (χ0) is 16.3. The molecular weight excluding hydrogens is 285 g/mol. The average Bonchev–Trinajstić information content (AvgIpc) is 2.82. The van der Waals surface area contributed by atoms with Gasteiger partial charge >= 0.3 is 0 Å². The molecule has 0 saturated carbocycles. The number of methoxy groups -OCH3 is 1. The molecule has 5 nitrogen and oxygen atoms in total. The molecule has 0 fully saturated rings. The minimum atomic E-state index is -0.565. The van der Waals surface area contributed by atoms with Crippen LogP contribution in [0.4, 0.5) is 10.2 Å². The van der Waals surface area contributed by atoms with Crippen LogP contribution in [-0.2, 0) is 19.9 Å². The number of benzene rings is 1. The van der Waals surface area contributed by atoms with Gasteiger partial charge in [-0.15, -0.1) is 0 Å². The number of hydrogen-bond acceptors (Lipinski definition) is 3. The topological polar surface area (TPSA) is 56.2 Å². The SMILES string of the molecule is CCc1nn(C)c(NC(=O)c2ccc(OC)c(F)c2)c1CC. The summed E-state index contributed by atoms with van der Waals surface area (Å²) >= 11 is 0. The summed E-state index contributed by atoms with van der Waals surface area (Å²) in [5.41, 5.74) is 2.20. The van der Waals surface area contributed by atoms with Gasteiger partial charge in [-0.1, -0.05) is 13.8 Å². The van der Waals surface area contributed by atoms with Crippen LogP contribution < -0.4 is 10.1 Å². The van der Waals surface area contributed by atoms with Crippen LogP contribution in [0.5, 0.6) is 5.75 Å². The van der Waals surface area contributed by atoms with E-state index in [1.807, 2.05) is 13.8 Å². The summed E-state index contributed by atoms with van der Waals surface area (Å²) in [5, 5.41) is 7.22. The molecule has 1 aromatic carbocycles. The highest BCUT2D eigenvalue weighted by atomic mass is 19.1. The number of halogens is 1. The minimum absolute atomic E-state index is 0.111. The Morgan fingerprint density at radius 1 is 1.36 bits per heavy atom. The van der Waals surface area contributed by atoms with E-state index < -0.39 is 5.82 Å².